The van der Waals surface area contributed by atoms with Gasteiger partial charge in [0.2, 0.25) is 5.91 Å². The van der Waals surface area contributed by atoms with Crippen LogP contribution >= 0.6 is 0 Å². The number of amides is 3. The highest BCUT2D eigenvalue weighted by Gasteiger charge is 2.31. The fourth-order valence-corrected chi connectivity index (χ4v) is 2.06. The molecule has 0 heterocycles. The average Bonchev–Trinajstić information content (AvgIpc) is 2.34. The first-order valence-electron chi connectivity index (χ1n) is 6.82. The molecule has 0 aliphatic heterocycles. The summed E-state index contributed by atoms with van der Waals surface area (Å²) >= 11 is 0. The summed E-state index contributed by atoms with van der Waals surface area (Å²) in [5.41, 5.74) is 5.11. The number of hydrogen-bond donors (Lipinski definition) is 3. The zero-order valence-corrected chi connectivity index (χ0v) is 12.5. The van der Waals surface area contributed by atoms with E-state index in [1.54, 1.807) is 13.8 Å². The molecule has 0 aromatic rings. The lowest BCUT2D eigenvalue weighted by atomic mass is 9.97. The fraction of sp³-hybridized carbons (Fsp3) is 0.769. The van der Waals surface area contributed by atoms with Gasteiger partial charge in [-0.2, -0.15) is 0 Å². The van der Waals surface area contributed by atoms with E-state index >= 15 is 0 Å². The molecule has 3 amide bonds. The fourth-order valence-electron chi connectivity index (χ4n) is 2.06. The second-order valence-electron chi connectivity index (χ2n) is 4.94. The van der Waals surface area contributed by atoms with Crippen LogP contribution < -0.4 is 11.1 Å². The highest BCUT2D eigenvalue weighted by Crippen LogP contribution is 2.14. The van der Waals surface area contributed by atoms with Crippen LogP contribution in [-0.4, -0.2) is 46.5 Å². The number of rotatable bonds is 8. The molecule has 7 nitrogen and oxygen atoms in total. The largest absolute Gasteiger partial charge is 0.481 e. The first-order valence-corrected chi connectivity index (χ1v) is 6.82. The van der Waals surface area contributed by atoms with Crippen molar-refractivity contribution >= 4 is 17.9 Å². The van der Waals surface area contributed by atoms with Gasteiger partial charge in [0.15, 0.2) is 0 Å². The van der Waals surface area contributed by atoms with Crippen LogP contribution in [0, 0.1) is 5.92 Å². The lowest BCUT2D eigenvalue weighted by Gasteiger charge is -2.33. The molecule has 0 bridgehead atoms. The van der Waals surface area contributed by atoms with E-state index in [2.05, 4.69) is 5.32 Å². The summed E-state index contributed by atoms with van der Waals surface area (Å²) in [7, 11) is 0. The monoisotopic (exact) mass is 287 g/mol. The van der Waals surface area contributed by atoms with E-state index in [-0.39, 0.29) is 18.2 Å². The van der Waals surface area contributed by atoms with Crippen LogP contribution in [0.15, 0.2) is 0 Å². The van der Waals surface area contributed by atoms with Crippen LogP contribution in [0.1, 0.15) is 40.5 Å². The van der Waals surface area contributed by atoms with E-state index in [1.807, 2.05) is 13.8 Å². The van der Waals surface area contributed by atoms with E-state index in [0.717, 1.165) is 0 Å². The minimum absolute atomic E-state index is 0.0823. The molecule has 0 saturated carbocycles. The smallest absolute Gasteiger partial charge is 0.312 e. The van der Waals surface area contributed by atoms with Crippen molar-refractivity contribution in [2.24, 2.45) is 11.7 Å². The Labute approximate surface area is 119 Å². The van der Waals surface area contributed by atoms with Crippen molar-refractivity contribution < 1.29 is 19.5 Å². The van der Waals surface area contributed by atoms with Crippen molar-refractivity contribution in [2.75, 3.05) is 6.54 Å². The van der Waals surface area contributed by atoms with Gasteiger partial charge in [-0.1, -0.05) is 20.3 Å². The first-order chi connectivity index (χ1) is 9.24. The number of carbonyl (C=O) groups is 3. The minimum atomic E-state index is -0.966. The van der Waals surface area contributed by atoms with E-state index in [0.29, 0.717) is 13.0 Å². The number of primary amides is 1. The molecule has 7 heteroatoms. The van der Waals surface area contributed by atoms with E-state index in [1.165, 1.54) is 4.90 Å². The Balaban J connectivity index is 5.07. The van der Waals surface area contributed by atoms with Gasteiger partial charge in [-0.15, -0.1) is 0 Å². The first kappa shape index (κ1) is 18.2. The van der Waals surface area contributed by atoms with Crippen LogP contribution in [0.3, 0.4) is 0 Å². The molecule has 0 saturated heterocycles. The van der Waals surface area contributed by atoms with Crippen LogP contribution in [0.25, 0.3) is 0 Å². The van der Waals surface area contributed by atoms with Gasteiger partial charge >= 0.3 is 12.0 Å². The summed E-state index contributed by atoms with van der Waals surface area (Å²) < 4.78 is 0. The lowest BCUT2D eigenvalue weighted by molar-refractivity contribution is -0.141. The molecular formula is C13H25N3O4. The van der Waals surface area contributed by atoms with Crippen molar-refractivity contribution in [1.82, 2.24) is 10.2 Å². The normalized spacial score (nSPS) is 15.0. The molecule has 0 aliphatic carbocycles. The van der Waals surface area contributed by atoms with Gasteiger partial charge in [0.25, 0.3) is 0 Å². The van der Waals surface area contributed by atoms with Crippen molar-refractivity contribution in [2.45, 2.75) is 52.6 Å². The second kappa shape index (κ2) is 8.39. The molecule has 116 valence electrons. The molecule has 0 radical (unpaired) electrons. The Morgan fingerprint density at radius 3 is 2.15 bits per heavy atom. The van der Waals surface area contributed by atoms with Gasteiger partial charge in [-0.05, 0) is 19.8 Å². The van der Waals surface area contributed by atoms with Gasteiger partial charge in [0, 0.05) is 12.6 Å². The number of urea groups is 1. The SMILES string of the molecule is CCC(C)C(NC(N)=O)C(=O)N(CC)C(C)CC(=O)O. The van der Waals surface area contributed by atoms with Crippen molar-refractivity contribution in [3.63, 3.8) is 0 Å². The highest BCUT2D eigenvalue weighted by atomic mass is 16.4. The highest BCUT2D eigenvalue weighted by molar-refractivity contribution is 5.87. The summed E-state index contributed by atoms with van der Waals surface area (Å²) in [6.07, 6.45) is 0.560. The molecule has 3 unspecified atom stereocenters. The van der Waals surface area contributed by atoms with Gasteiger partial charge in [0.05, 0.1) is 6.42 Å². The number of nitrogens with two attached hydrogens (primary N) is 1. The third-order valence-corrected chi connectivity index (χ3v) is 3.40. The Morgan fingerprint density at radius 2 is 1.80 bits per heavy atom. The molecular weight excluding hydrogens is 262 g/mol. The molecule has 0 aromatic carbocycles. The third kappa shape index (κ3) is 5.46. The molecule has 0 spiro atoms. The molecule has 3 atom stereocenters. The number of hydrogen-bond acceptors (Lipinski definition) is 3. The van der Waals surface area contributed by atoms with Crippen LogP contribution in [0.4, 0.5) is 4.79 Å². The minimum Gasteiger partial charge on any atom is -0.481 e. The summed E-state index contributed by atoms with van der Waals surface area (Å²) in [5, 5.41) is 11.3. The number of nitrogens with zero attached hydrogens (tertiary/aromatic N) is 1. The Morgan fingerprint density at radius 1 is 1.25 bits per heavy atom. The molecule has 20 heavy (non-hydrogen) atoms. The van der Waals surface area contributed by atoms with Gasteiger partial charge in [-0.3, -0.25) is 9.59 Å². The molecule has 4 N–H and O–H groups in total. The average molecular weight is 287 g/mol. The third-order valence-electron chi connectivity index (χ3n) is 3.40. The predicted molar refractivity (Wildman–Crippen MR) is 75.1 cm³/mol. The number of nitrogens with one attached hydrogen (secondary N) is 1. The number of likely N-dealkylation sites (N-methyl/N-ethyl adjacent to an activating group) is 1. The second-order valence-corrected chi connectivity index (χ2v) is 4.94. The van der Waals surface area contributed by atoms with Gasteiger partial charge < -0.3 is 21.1 Å². The summed E-state index contributed by atoms with van der Waals surface area (Å²) in [5.74, 6) is -1.35. The molecule has 0 aliphatic rings. The quantitative estimate of drug-likeness (QED) is 0.612. The van der Waals surface area contributed by atoms with Gasteiger partial charge in [-0.25, -0.2) is 4.79 Å². The summed E-state index contributed by atoms with van der Waals surface area (Å²) in [6, 6.07) is -1.93. The maximum Gasteiger partial charge on any atom is 0.312 e. The Hall–Kier alpha value is -1.79. The van der Waals surface area contributed by atoms with Crippen molar-refractivity contribution in [3.05, 3.63) is 0 Å². The van der Waals surface area contributed by atoms with Crippen molar-refractivity contribution in [1.29, 1.82) is 0 Å². The number of carboxylic acid groups (broad SMARTS) is 1. The van der Waals surface area contributed by atoms with E-state index in [4.69, 9.17) is 10.8 Å². The zero-order chi connectivity index (χ0) is 15.9. The molecule has 0 fully saturated rings. The van der Waals surface area contributed by atoms with Crippen LogP contribution in [0.2, 0.25) is 0 Å². The molecule has 0 rings (SSSR count). The van der Waals surface area contributed by atoms with Crippen LogP contribution in [-0.2, 0) is 9.59 Å². The van der Waals surface area contributed by atoms with Crippen molar-refractivity contribution in [3.8, 4) is 0 Å². The summed E-state index contributed by atoms with van der Waals surface area (Å²) in [4.78, 5) is 35.8. The topological polar surface area (TPSA) is 113 Å². The van der Waals surface area contributed by atoms with Gasteiger partial charge in [0.1, 0.15) is 6.04 Å². The Bertz CT molecular complexity index is 360. The van der Waals surface area contributed by atoms with E-state index in [9.17, 15) is 14.4 Å². The number of carbonyl (C=O) groups excluding carboxylic acids is 2. The van der Waals surface area contributed by atoms with E-state index < -0.39 is 24.1 Å². The lowest BCUT2D eigenvalue weighted by Crippen LogP contribution is -2.55. The molecule has 0 aromatic heterocycles. The zero-order valence-electron chi connectivity index (χ0n) is 12.5. The maximum atomic E-state index is 12.5. The maximum absolute atomic E-state index is 12.5. The summed E-state index contributed by atoms with van der Waals surface area (Å²) in [6.45, 7) is 7.57. The number of aliphatic carboxylic acids is 1. The predicted octanol–water partition coefficient (Wildman–Crippen LogP) is 0.781. The Kier molecular flexibility index (Phi) is 7.64. The standard InChI is InChI=1S/C13H25N3O4/c1-5-8(3)11(15-13(14)20)12(19)16(6-2)9(4)7-10(17)18/h8-9,11H,5-7H2,1-4H3,(H,17,18)(H3,14,15,20). The number of carboxylic acids is 1. The van der Waals surface area contributed by atoms with Crippen LogP contribution in [0.5, 0.6) is 0 Å².